The van der Waals surface area contributed by atoms with Crippen molar-refractivity contribution in [1.29, 1.82) is 0 Å². The highest BCUT2D eigenvalue weighted by Gasteiger charge is 2.08. The van der Waals surface area contributed by atoms with Gasteiger partial charge in [0.15, 0.2) is 0 Å². The molecule has 5 heteroatoms. The molecule has 4 nitrogen and oxygen atoms in total. The highest BCUT2D eigenvalue weighted by Crippen LogP contribution is 2.15. The van der Waals surface area contributed by atoms with Gasteiger partial charge in [0.25, 0.3) is 0 Å². The number of carbonyl (C=O) groups is 1. The molecule has 0 fully saturated rings. The van der Waals surface area contributed by atoms with Gasteiger partial charge in [-0.25, -0.2) is 4.79 Å². The van der Waals surface area contributed by atoms with Crippen molar-refractivity contribution >= 4 is 17.6 Å². The molecule has 1 aromatic rings. The molecule has 0 radical (unpaired) electrons. The average Bonchev–Trinajstić information content (AvgIpc) is 2.39. The van der Waals surface area contributed by atoms with Gasteiger partial charge in [-0.05, 0) is 38.0 Å². The summed E-state index contributed by atoms with van der Waals surface area (Å²) in [6.07, 6.45) is 0.816. The molecule has 0 aliphatic heterocycles. The Morgan fingerprint density at radius 3 is 2.68 bits per heavy atom. The predicted molar refractivity (Wildman–Crippen MR) is 77.5 cm³/mol. The number of hydrogen-bond acceptors (Lipinski definition) is 2. The van der Waals surface area contributed by atoms with Gasteiger partial charge in [-0.1, -0.05) is 23.7 Å². The Balaban J connectivity index is 2.26. The number of hydrogen-bond donors (Lipinski definition) is 2. The highest BCUT2D eigenvalue weighted by molar-refractivity contribution is 6.30. The van der Waals surface area contributed by atoms with Crippen molar-refractivity contribution in [2.45, 2.75) is 26.3 Å². The third-order valence-electron chi connectivity index (χ3n) is 2.67. The maximum atomic E-state index is 11.6. The van der Waals surface area contributed by atoms with Crippen molar-refractivity contribution < 1.29 is 9.53 Å². The second-order valence-corrected chi connectivity index (χ2v) is 4.66. The Hall–Kier alpha value is -1.26. The zero-order valence-electron chi connectivity index (χ0n) is 11.4. The lowest BCUT2D eigenvalue weighted by molar-refractivity contribution is 0.145. The summed E-state index contributed by atoms with van der Waals surface area (Å²) in [5.41, 5.74) is 1.02. The predicted octanol–water partition coefficient (Wildman–Crippen LogP) is 3.13. The molecule has 1 atom stereocenters. The molecule has 0 unspecified atom stereocenters. The largest absolute Gasteiger partial charge is 0.382 e. The molecular weight excluding hydrogens is 264 g/mol. The number of ether oxygens (including phenoxy) is 1. The lowest BCUT2D eigenvalue weighted by Gasteiger charge is -2.15. The summed E-state index contributed by atoms with van der Waals surface area (Å²) < 4.78 is 5.19. The number of rotatable bonds is 7. The number of nitrogens with one attached hydrogen (secondary N) is 2. The van der Waals surface area contributed by atoms with Crippen LogP contribution < -0.4 is 10.6 Å². The van der Waals surface area contributed by atoms with Crippen LogP contribution in [0.2, 0.25) is 5.02 Å². The van der Waals surface area contributed by atoms with Crippen LogP contribution in [0.25, 0.3) is 0 Å². The number of amides is 2. The van der Waals surface area contributed by atoms with Crippen LogP contribution in [0.15, 0.2) is 24.3 Å². The van der Waals surface area contributed by atoms with Crippen molar-refractivity contribution in [2.24, 2.45) is 0 Å². The van der Waals surface area contributed by atoms with E-state index in [4.69, 9.17) is 16.3 Å². The van der Waals surface area contributed by atoms with E-state index < -0.39 is 0 Å². The van der Waals surface area contributed by atoms with E-state index in [1.165, 1.54) is 0 Å². The summed E-state index contributed by atoms with van der Waals surface area (Å²) in [7, 11) is 0. The molecule has 0 heterocycles. The van der Waals surface area contributed by atoms with E-state index in [1.54, 1.807) is 0 Å². The number of halogens is 1. The van der Waals surface area contributed by atoms with E-state index in [0.29, 0.717) is 24.8 Å². The fourth-order valence-electron chi connectivity index (χ4n) is 1.60. The Morgan fingerprint density at radius 1 is 1.37 bits per heavy atom. The maximum absolute atomic E-state index is 11.6. The number of urea groups is 1. The van der Waals surface area contributed by atoms with Crippen molar-refractivity contribution in [3.63, 3.8) is 0 Å². The smallest absolute Gasteiger partial charge is 0.315 e. The molecule has 0 saturated carbocycles. The maximum Gasteiger partial charge on any atom is 0.315 e. The van der Waals surface area contributed by atoms with Gasteiger partial charge in [0.2, 0.25) is 0 Å². The fourth-order valence-corrected chi connectivity index (χ4v) is 1.73. The molecule has 0 saturated heterocycles. The first-order valence-electron chi connectivity index (χ1n) is 6.51. The molecule has 1 rings (SSSR count). The topological polar surface area (TPSA) is 50.4 Å². The summed E-state index contributed by atoms with van der Waals surface area (Å²) in [6, 6.07) is 7.22. The average molecular weight is 285 g/mol. The van der Waals surface area contributed by atoms with Crippen LogP contribution in [0, 0.1) is 0 Å². The zero-order valence-corrected chi connectivity index (χ0v) is 12.2. The molecular formula is C14H21ClN2O2. The molecule has 0 bridgehead atoms. The standard InChI is InChI=1S/C14H21ClN2O2/c1-3-19-10-4-9-16-14(18)17-11(2)12-5-7-13(15)8-6-12/h5-8,11H,3-4,9-10H2,1-2H3,(H2,16,17,18)/t11-/m0/s1. The summed E-state index contributed by atoms with van der Waals surface area (Å²) >= 11 is 5.82. The number of benzene rings is 1. The van der Waals surface area contributed by atoms with Crippen LogP contribution in [0.1, 0.15) is 31.9 Å². The first-order chi connectivity index (χ1) is 9.13. The van der Waals surface area contributed by atoms with Gasteiger partial charge in [-0.3, -0.25) is 0 Å². The normalized spacial score (nSPS) is 11.9. The highest BCUT2D eigenvalue weighted by atomic mass is 35.5. The van der Waals surface area contributed by atoms with Gasteiger partial charge >= 0.3 is 6.03 Å². The first-order valence-corrected chi connectivity index (χ1v) is 6.89. The van der Waals surface area contributed by atoms with Gasteiger partial charge < -0.3 is 15.4 Å². The Kier molecular flexibility index (Phi) is 7.30. The molecule has 2 N–H and O–H groups in total. The van der Waals surface area contributed by atoms with E-state index in [0.717, 1.165) is 12.0 Å². The molecule has 0 aromatic heterocycles. The van der Waals surface area contributed by atoms with Crippen LogP contribution in [0.4, 0.5) is 4.79 Å². The summed E-state index contributed by atoms with van der Waals surface area (Å²) in [5.74, 6) is 0. The molecule has 0 aliphatic rings. The van der Waals surface area contributed by atoms with Gasteiger partial charge in [0.1, 0.15) is 0 Å². The van der Waals surface area contributed by atoms with Crippen LogP contribution >= 0.6 is 11.6 Å². The first kappa shape index (κ1) is 15.8. The Bertz CT molecular complexity index is 382. The Labute approximate surface area is 119 Å². The SMILES string of the molecule is CCOCCCNC(=O)N[C@@H](C)c1ccc(Cl)cc1. The van der Waals surface area contributed by atoms with Gasteiger partial charge in [-0.2, -0.15) is 0 Å². The van der Waals surface area contributed by atoms with E-state index in [2.05, 4.69) is 10.6 Å². The van der Waals surface area contributed by atoms with Crippen LogP contribution in [0.3, 0.4) is 0 Å². The van der Waals surface area contributed by atoms with Crippen molar-refractivity contribution in [3.8, 4) is 0 Å². The van der Waals surface area contributed by atoms with Gasteiger partial charge in [0, 0.05) is 24.8 Å². The van der Waals surface area contributed by atoms with Gasteiger partial charge in [0.05, 0.1) is 6.04 Å². The molecule has 1 aromatic carbocycles. The lowest BCUT2D eigenvalue weighted by Crippen LogP contribution is -2.37. The molecule has 19 heavy (non-hydrogen) atoms. The van der Waals surface area contributed by atoms with Crippen LogP contribution in [-0.2, 0) is 4.74 Å². The Morgan fingerprint density at radius 2 is 2.05 bits per heavy atom. The van der Waals surface area contributed by atoms with Crippen molar-refractivity contribution in [2.75, 3.05) is 19.8 Å². The second kappa shape index (κ2) is 8.77. The third-order valence-corrected chi connectivity index (χ3v) is 2.92. The van der Waals surface area contributed by atoms with Crippen molar-refractivity contribution in [1.82, 2.24) is 10.6 Å². The molecule has 0 aliphatic carbocycles. The molecule has 106 valence electrons. The summed E-state index contributed by atoms with van der Waals surface area (Å²) in [4.78, 5) is 11.6. The van der Waals surface area contributed by atoms with E-state index in [-0.39, 0.29) is 12.1 Å². The molecule has 2 amide bonds. The third kappa shape index (κ3) is 6.45. The summed E-state index contributed by atoms with van der Waals surface area (Å²) in [6.45, 7) is 5.87. The quantitative estimate of drug-likeness (QED) is 0.756. The minimum atomic E-state index is -0.168. The zero-order chi connectivity index (χ0) is 14.1. The lowest BCUT2D eigenvalue weighted by atomic mass is 10.1. The van der Waals surface area contributed by atoms with E-state index in [1.807, 2.05) is 38.1 Å². The minimum absolute atomic E-state index is 0.0517. The summed E-state index contributed by atoms with van der Waals surface area (Å²) in [5, 5.41) is 6.36. The monoisotopic (exact) mass is 284 g/mol. The van der Waals surface area contributed by atoms with Gasteiger partial charge in [-0.15, -0.1) is 0 Å². The van der Waals surface area contributed by atoms with Crippen LogP contribution in [-0.4, -0.2) is 25.8 Å². The van der Waals surface area contributed by atoms with Crippen molar-refractivity contribution in [3.05, 3.63) is 34.9 Å². The second-order valence-electron chi connectivity index (χ2n) is 4.22. The minimum Gasteiger partial charge on any atom is -0.382 e. The van der Waals surface area contributed by atoms with Crippen LogP contribution in [0.5, 0.6) is 0 Å². The van der Waals surface area contributed by atoms with E-state index in [9.17, 15) is 4.79 Å². The molecule has 0 spiro atoms. The fraction of sp³-hybridized carbons (Fsp3) is 0.500. The van der Waals surface area contributed by atoms with E-state index >= 15 is 0 Å². The number of carbonyl (C=O) groups excluding carboxylic acids is 1.